The Labute approximate surface area is 225 Å². The molecule has 0 aromatic carbocycles. The molecular weight excluding hydrogens is 530 g/mol. The Hall–Kier alpha value is -4.06. The van der Waals surface area contributed by atoms with Crippen LogP contribution in [0.1, 0.15) is 37.3 Å². The highest BCUT2D eigenvalue weighted by Gasteiger charge is 2.36. The minimum atomic E-state index is -0.671. The van der Waals surface area contributed by atoms with Gasteiger partial charge in [-0.3, -0.25) is 18.9 Å². The number of ether oxygens (including phenoxy) is 3. The number of H-pyrrole nitrogens is 1. The number of hydrogen-bond donors (Lipinski definition) is 5. The van der Waals surface area contributed by atoms with E-state index in [2.05, 4.69) is 35.3 Å². The maximum atomic E-state index is 11.7. The quantitative estimate of drug-likeness (QED) is 0.141. The van der Waals surface area contributed by atoms with Gasteiger partial charge in [-0.2, -0.15) is 9.97 Å². The zero-order valence-corrected chi connectivity index (χ0v) is 21.5. The molecule has 0 amide bonds. The molecule has 2 saturated heterocycles. The maximum absolute atomic E-state index is 11.7. The lowest BCUT2D eigenvalue weighted by atomic mass is 10.1. The predicted molar refractivity (Wildman–Crippen MR) is 138 cm³/mol. The van der Waals surface area contributed by atoms with Crippen LogP contribution in [0.15, 0.2) is 27.2 Å². The Bertz CT molecular complexity index is 1530. The highest BCUT2D eigenvalue weighted by Crippen LogP contribution is 2.31. The molecule has 18 heteroatoms. The molecule has 6 rings (SSSR count). The number of anilines is 2. The second kappa shape index (κ2) is 11.6. The highest BCUT2D eigenvalue weighted by atomic mass is 16.7. The van der Waals surface area contributed by atoms with Crippen LogP contribution in [0.2, 0.25) is 0 Å². The summed E-state index contributed by atoms with van der Waals surface area (Å²) in [5, 5.41) is 25.0. The van der Waals surface area contributed by atoms with Gasteiger partial charge in [-0.05, 0) is 25.3 Å². The Morgan fingerprint density at radius 2 is 2.02 bits per heavy atom. The fourth-order valence-corrected chi connectivity index (χ4v) is 4.39. The van der Waals surface area contributed by atoms with Gasteiger partial charge in [-0.1, -0.05) is 5.11 Å². The van der Waals surface area contributed by atoms with Crippen molar-refractivity contribution in [3.63, 3.8) is 0 Å². The van der Waals surface area contributed by atoms with E-state index in [0.29, 0.717) is 35.2 Å². The second-order valence-electron chi connectivity index (χ2n) is 9.51. The Kier molecular flexibility index (Phi) is 7.97. The van der Waals surface area contributed by atoms with Gasteiger partial charge in [0.05, 0.1) is 38.3 Å². The van der Waals surface area contributed by atoms with Gasteiger partial charge in [0.1, 0.15) is 6.23 Å². The van der Waals surface area contributed by atoms with E-state index >= 15 is 0 Å². The number of aromatic amines is 1. The van der Waals surface area contributed by atoms with Gasteiger partial charge in [0.25, 0.3) is 5.56 Å². The normalized spacial score (nSPS) is 25.8. The number of nitrogens with zero attached hydrogens (tertiary/aromatic N) is 8. The zero-order chi connectivity index (χ0) is 28.4. The summed E-state index contributed by atoms with van der Waals surface area (Å²) in [4.78, 5) is 40.7. The van der Waals surface area contributed by atoms with Crippen LogP contribution in [0, 0.1) is 6.92 Å². The summed E-state index contributed by atoms with van der Waals surface area (Å²) in [6, 6.07) is -0.100. The lowest BCUT2D eigenvalue weighted by molar-refractivity contribution is -0.0980. The number of aromatic nitrogens is 6. The fraction of sp³-hybridized carbons (Fsp3) is 0.591. The van der Waals surface area contributed by atoms with E-state index in [1.807, 2.05) is 0 Å². The van der Waals surface area contributed by atoms with Gasteiger partial charge >= 0.3 is 5.69 Å². The number of imidazole rings is 1. The molecule has 0 unspecified atom stereocenters. The molecule has 0 bridgehead atoms. The van der Waals surface area contributed by atoms with Gasteiger partial charge in [0.15, 0.2) is 29.5 Å². The Morgan fingerprint density at radius 3 is 2.70 bits per heavy atom. The standard InChI is InChI=1S/C12H16N6O3.C10H13N5O4/c13-12-16-10(15-6-1-2-6)9-11(17-12)18(5-14-9)7-4-20-8(3-19)21-7;1-5-3-15(10(18)12-9(5)17)8-2-6(13-14-11)7(4-16)19-8/h5-8,19H,1-4H2,(H3,13,15,16,17);3,6-8,16H,2,4H2,1H3,(H,12,17,18)/t7-,8-;6-,7+,8+/m10/s1. The monoisotopic (exact) mass is 559 g/mol. The number of aliphatic hydroxyl groups is 2. The number of nitrogens with one attached hydrogen (secondary N) is 2. The molecule has 2 aliphatic heterocycles. The Balaban J connectivity index is 0.000000162. The molecule has 214 valence electrons. The lowest BCUT2D eigenvalue weighted by Gasteiger charge is -2.14. The first-order valence-electron chi connectivity index (χ1n) is 12.6. The minimum Gasteiger partial charge on any atom is -0.394 e. The first-order valence-corrected chi connectivity index (χ1v) is 12.6. The van der Waals surface area contributed by atoms with E-state index in [1.54, 1.807) is 17.8 Å². The van der Waals surface area contributed by atoms with E-state index in [0.717, 1.165) is 12.8 Å². The van der Waals surface area contributed by atoms with Crippen molar-refractivity contribution in [2.45, 2.75) is 63.1 Å². The van der Waals surface area contributed by atoms with Gasteiger partial charge in [-0.25, -0.2) is 9.78 Å². The molecule has 18 nitrogen and oxygen atoms in total. The molecule has 1 saturated carbocycles. The van der Waals surface area contributed by atoms with Crippen molar-refractivity contribution >= 4 is 22.9 Å². The van der Waals surface area contributed by atoms with Crippen molar-refractivity contribution < 1.29 is 24.4 Å². The third-order valence-corrected chi connectivity index (χ3v) is 6.59. The zero-order valence-electron chi connectivity index (χ0n) is 21.5. The average Bonchev–Trinajstić information content (AvgIpc) is 3.29. The van der Waals surface area contributed by atoms with Crippen LogP contribution in [0.5, 0.6) is 0 Å². The molecule has 0 radical (unpaired) electrons. The van der Waals surface area contributed by atoms with Crippen LogP contribution in [0.3, 0.4) is 0 Å². The topological polar surface area (TPSA) is 253 Å². The van der Waals surface area contributed by atoms with Crippen LogP contribution in [0.25, 0.3) is 21.6 Å². The summed E-state index contributed by atoms with van der Waals surface area (Å²) < 4.78 is 19.3. The van der Waals surface area contributed by atoms with Crippen LogP contribution in [-0.2, 0) is 14.2 Å². The first-order chi connectivity index (χ1) is 19.3. The van der Waals surface area contributed by atoms with Gasteiger partial charge in [0.2, 0.25) is 5.95 Å². The number of nitrogens with two attached hydrogens (primary N) is 1. The van der Waals surface area contributed by atoms with E-state index in [9.17, 15) is 9.59 Å². The summed E-state index contributed by atoms with van der Waals surface area (Å²) in [7, 11) is 0. The largest absolute Gasteiger partial charge is 0.394 e. The van der Waals surface area contributed by atoms with Crippen molar-refractivity contribution in [1.82, 2.24) is 29.1 Å². The summed E-state index contributed by atoms with van der Waals surface area (Å²) in [5.41, 5.74) is 14.8. The fourth-order valence-electron chi connectivity index (χ4n) is 4.39. The maximum Gasteiger partial charge on any atom is 0.330 e. The molecule has 5 heterocycles. The number of aryl methyl sites for hydroxylation is 1. The van der Waals surface area contributed by atoms with Crippen LogP contribution >= 0.6 is 0 Å². The van der Waals surface area contributed by atoms with E-state index in [4.69, 9.17) is 35.7 Å². The van der Waals surface area contributed by atoms with Gasteiger partial charge in [0, 0.05) is 29.1 Å². The molecule has 1 aliphatic carbocycles. The molecule has 3 aromatic heterocycles. The van der Waals surface area contributed by atoms with E-state index in [-0.39, 0.29) is 31.8 Å². The first kappa shape index (κ1) is 27.5. The summed E-state index contributed by atoms with van der Waals surface area (Å²) in [6.45, 7) is 1.40. The Morgan fingerprint density at radius 1 is 1.23 bits per heavy atom. The van der Waals surface area contributed by atoms with E-state index in [1.165, 1.54) is 10.8 Å². The smallest absolute Gasteiger partial charge is 0.330 e. The predicted octanol–water partition coefficient (Wildman–Crippen LogP) is -0.350. The van der Waals surface area contributed by atoms with Crippen molar-refractivity contribution in [2.75, 3.05) is 30.9 Å². The molecular formula is C22H29N11O7. The summed E-state index contributed by atoms with van der Waals surface area (Å²) >= 11 is 0. The molecule has 0 spiro atoms. The van der Waals surface area contributed by atoms with Crippen LogP contribution in [-0.4, -0.2) is 83.6 Å². The average molecular weight is 560 g/mol. The summed E-state index contributed by atoms with van der Waals surface area (Å²) in [5.74, 6) is 0.835. The molecule has 6 N–H and O–H groups in total. The molecule has 3 aromatic rings. The van der Waals surface area contributed by atoms with Gasteiger partial charge < -0.3 is 35.5 Å². The highest BCUT2D eigenvalue weighted by molar-refractivity contribution is 5.84. The van der Waals surface area contributed by atoms with Crippen molar-refractivity contribution in [1.29, 1.82) is 0 Å². The number of azide groups is 1. The van der Waals surface area contributed by atoms with Crippen LogP contribution in [0.4, 0.5) is 11.8 Å². The third kappa shape index (κ3) is 5.76. The molecule has 40 heavy (non-hydrogen) atoms. The molecule has 3 aliphatic rings. The number of rotatable bonds is 7. The number of nitrogen functional groups attached to an aromatic ring is 1. The van der Waals surface area contributed by atoms with Crippen molar-refractivity contribution in [2.24, 2.45) is 5.11 Å². The van der Waals surface area contributed by atoms with Crippen molar-refractivity contribution in [3.05, 3.63) is 49.4 Å². The number of fused-ring (bicyclic) bond motifs is 1. The van der Waals surface area contributed by atoms with Gasteiger partial charge in [-0.15, -0.1) is 0 Å². The number of aliphatic hydroxyl groups excluding tert-OH is 2. The third-order valence-electron chi connectivity index (χ3n) is 6.59. The molecule has 3 fully saturated rings. The van der Waals surface area contributed by atoms with Crippen molar-refractivity contribution in [3.8, 4) is 0 Å². The minimum absolute atomic E-state index is 0.185. The second-order valence-corrected chi connectivity index (χ2v) is 9.51. The number of hydrogen-bond acceptors (Lipinski definition) is 13. The summed E-state index contributed by atoms with van der Waals surface area (Å²) in [6.07, 6.45) is 3.22. The van der Waals surface area contributed by atoms with Crippen LogP contribution < -0.4 is 22.3 Å². The van der Waals surface area contributed by atoms with E-state index < -0.39 is 35.9 Å². The SMILES string of the molecule is Cc1cn([C@H]2C[C@H](N=[N+]=[N-])[C@@H](CO)O2)c(=O)[nH]c1=O.Nc1nc(NC2CC2)c2ncn([C@H]3CO[C@@H](CO)O3)c2n1. The lowest BCUT2D eigenvalue weighted by Crippen LogP contribution is -2.33. The molecule has 5 atom stereocenters.